The fraction of sp³-hybridized carbons (Fsp3) is 0.174. The number of benzene rings is 2. The monoisotopic (exact) mass is 467 g/mol. The lowest BCUT2D eigenvalue weighted by atomic mass is 10.2. The first-order chi connectivity index (χ1) is 15.8. The van der Waals surface area contributed by atoms with Crippen LogP contribution in [0.1, 0.15) is 10.4 Å². The minimum absolute atomic E-state index is 0.0698. The summed E-state index contributed by atoms with van der Waals surface area (Å²) < 4.78 is 32.3. The first-order valence-corrected chi connectivity index (χ1v) is 11.5. The standard InChI is InChI=1S/C23H25N5O4S/c1-3-28(22(29)18-8-5-4-6-9-18)16-19(24)17-32-20-10-12-21(13-11-20)33(30,31)27(2)23-25-14-7-15-26-23/h3-15,19H,1,16-17,24H2,2H3. The van der Waals surface area contributed by atoms with Crippen molar-refractivity contribution in [3.63, 3.8) is 0 Å². The summed E-state index contributed by atoms with van der Waals surface area (Å²) in [4.78, 5) is 22.0. The van der Waals surface area contributed by atoms with Crippen molar-refractivity contribution in [2.24, 2.45) is 5.73 Å². The smallest absolute Gasteiger partial charge is 0.266 e. The second-order valence-corrected chi connectivity index (χ2v) is 9.04. The van der Waals surface area contributed by atoms with Crippen LogP contribution in [0.2, 0.25) is 0 Å². The molecule has 1 atom stereocenters. The third kappa shape index (κ3) is 5.93. The molecule has 0 saturated carbocycles. The SMILES string of the molecule is C=CN(CC(N)COc1ccc(S(=O)(=O)N(C)c2ncccn2)cc1)C(=O)c1ccccc1. The van der Waals surface area contributed by atoms with Gasteiger partial charge in [0.15, 0.2) is 0 Å². The van der Waals surface area contributed by atoms with Gasteiger partial charge in [-0.2, -0.15) is 0 Å². The second-order valence-electron chi connectivity index (χ2n) is 7.07. The molecule has 0 radical (unpaired) electrons. The van der Waals surface area contributed by atoms with Gasteiger partial charge in [-0.3, -0.25) is 4.79 Å². The molecule has 172 valence electrons. The Morgan fingerprint density at radius 3 is 2.33 bits per heavy atom. The molecule has 0 fully saturated rings. The number of rotatable bonds is 10. The normalized spacial score (nSPS) is 11.9. The first-order valence-electron chi connectivity index (χ1n) is 10.1. The number of nitrogens with two attached hydrogens (primary N) is 1. The lowest BCUT2D eigenvalue weighted by Gasteiger charge is -2.22. The summed E-state index contributed by atoms with van der Waals surface area (Å²) in [5.41, 5.74) is 6.67. The molecule has 1 aromatic heterocycles. The first kappa shape index (κ1) is 23.9. The number of nitrogens with zero attached hydrogens (tertiary/aromatic N) is 4. The largest absolute Gasteiger partial charge is 0.492 e. The van der Waals surface area contributed by atoms with Gasteiger partial charge in [-0.1, -0.05) is 24.8 Å². The minimum atomic E-state index is -3.82. The number of carbonyl (C=O) groups excluding carboxylic acids is 1. The molecule has 3 aromatic rings. The summed E-state index contributed by atoms with van der Waals surface area (Å²) in [6, 6.07) is 15.9. The van der Waals surface area contributed by atoms with Gasteiger partial charge < -0.3 is 15.4 Å². The molecule has 10 heteroatoms. The van der Waals surface area contributed by atoms with Gasteiger partial charge >= 0.3 is 0 Å². The van der Waals surface area contributed by atoms with Crippen LogP contribution < -0.4 is 14.8 Å². The Labute approximate surface area is 193 Å². The van der Waals surface area contributed by atoms with Crippen LogP contribution in [-0.2, 0) is 10.0 Å². The van der Waals surface area contributed by atoms with Crippen LogP contribution in [0.25, 0.3) is 0 Å². The molecule has 2 N–H and O–H groups in total. The molecule has 9 nitrogen and oxygen atoms in total. The highest BCUT2D eigenvalue weighted by Crippen LogP contribution is 2.21. The van der Waals surface area contributed by atoms with Crippen LogP contribution in [0.4, 0.5) is 5.95 Å². The van der Waals surface area contributed by atoms with Crippen molar-refractivity contribution in [2.45, 2.75) is 10.9 Å². The lowest BCUT2D eigenvalue weighted by Crippen LogP contribution is -2.41. The van der Waals surface area contributed by atoms with E-state index in [1.165, 1.54) is 42.7 Å². The maximum atomic E-state index is 12.8. The van der Waals surface area contributed by atoms with Crippen LogP contribution in [-0.4, -0.2) is 55.4 Å². The summed E-state index contributed by atoms with van der Waals surface area (Å²) in [7, 11) is -2.44. The predicted octanol–water partition coefficient (Wildman–Crippen LogP) is 2.29. The zero-order valence-electron chi connectivity index (χ0n) is 18.1. The second kappa shape index (κ2) is 10.7. The van der Waals surface area contributed by atoms with Crippen molar-refractivity contribution in [1.82, 2.24) is 14.9 Å². The third-order valence-electron chi connectivity index (χ3n) is 4.71. The maximum absolute atomic E-state index is 12.8. The number of hydrogen-bond donors (Lipinski definition) is 1. The molecule has 1 unspecified atom stereocenters. The van der Waals surface area contributed by atoms with Crippen LogP contribution in [0.15, 0.2) is 90.7 Å². The molecule has 1 amide bonds. The quantitative estimate of drug-likeness (QED) is 0.486. The number of aromatic nitrogens is 2. The Balaban J connectivity index is 1.58. The summed E-state index contributed by atoms with van der Waals surface area (Å²) in [6.45, 7) is 4.02. The minimum Gasteiger partial charge on any atom is -0.492 e. The van der Waals surface area contributed by atoms with Gasteiger partial charge in [0.05, 0.1) is 10.9 Å². The van der Waals surface area contributed by atoms with Crippen molar-refractivity contribution < 1.29 is 17.9 Å². The number of anilines is 1. The van der Waals surface area contributed by atoms with E-state index in [9.17, 15) is 13.2 Å². The molecule has 0 bridgehead atoms. The van der Waals surface area contributed by atoms with Crippen molar-refractivity contribution in [3.8, 4) is 5.75 Å². The Kier molecular flexibility index (Phi) is 7.75. The Morgan fingerprint density at radius 2 is 1.73 bits per heavy atom. The molecule has 3 rings (SSSR count). The van der Waals surface area contributed by atoms with E-state index in [-0.39, 0.29) is 29.9 Å². The van der Waals surface area contributed by atoms with Crippen LogP contribution in [0.3, 0.4) is 0 Å². The molecule has 33 heavy (non-hydrogen) atoms. The van der Waals surface area contributed by atoms with Gasteiger partial charge in [0.25, 0.3) is 15.9 Å². The molecule has 0 aliphatic rings. The summed E-state index contributed by atoms with van der Waals surface area (Å²) in [6.07, 6.45) is 4.37. The molecule has 0 aliphatic heterocycles. The fourth-order valence-corrected chi connectivity index (χ4v) is 4.03. The Morgan fingerprint density at radius 1 is 1.09 bits per heavy atom. The molecule has 0 spiro atoms. The van der Waals surface area contributed by atoms with E-state index >= 15 is 0 Å². The van der Waals surface area contributed by atoms with Crippen molar-refractivity contribution in [3.05, 3.63) is 91.4 Å². The highest BCUT2D eigenvalue weighted by atomic mass is 32.2. The number of amides is 1. The lowest BCUT2D eigenvalue weighted by molar-refractivity contribution is 0.0808. The predicted molar refractivity (Wildman–Crippen MR) is 125 cm³/mol. The van der Waals surface area contributed by atoms with Gasteiger partial charge in [0, 0.05) is 31.5 Å². The molecule has 1 heterocycles. The van der Waals surface area contributed by atoms with E-state index in [0.717, 1.165) is 4.31 Å². The summed E-state index contributed by atoms with van der Waals surface area (Å²) in [5.74, 6) is 0.310. The molecule has 0 aliphatic carbocycles. The fourth-order valence-electron chi connectivity index (χ4n) is 2.92. The van der Waals surface area contributed by atoms with Gasteiger partial charge in [0.1, 0.15) is 12.4 Å². The van der Waals surface area contributed by atoms with E-state index < -0.39 is 16.1 Å². The van der Waals surface area contributed by atoms with E-state index in [4.69, 9.17) is 10.5 Å². The average Bonchev–Trinajstić information content (AvgIpc) is 2.86. The van der Waals surface area contributed by atoms with Gasteiger partial charge in [-0.05, 0) is 48.7 Å². The average molecular weight is 468 g/mol. The summed E-state index contributed by atoms with van der Waals surface area (Å²) >= 11 is 0. The molecule has 0 saturated heterocycles. The number of ether oxygens (including phenoxy) is 1. The van der Waals surface area contributed by atoms with E-state index in [0.29, 0.717) is 11.3 Å². The third-order valence-corrected chi connectivity index (χ3v) is 6.47. The van der Waals surface area contributed by atoms with Gasteiger partial charge in [-0.25, -0.2) is 22.7 Å². The van der Waals surface area contributed by atoms with Crippen molar-refractivity contribution in [2.75, 3.05) is 24.5 Å². The van der Waals surface area contributed by atoms with Gasteiger partial charge in [0.2, 0.25) is 5.95 Å². The zero-order valence-corrected chi connectivity index (χ0v) is 18.9. The maximum Gasteiger partial charge on any atom is 0.266 e. The number of carbonyl (C=O) groups is 1. The Hall–Kier alpha value is -3.76. The number of sulfonamides is 1. The van der Waals surface area contributed by atoms with Crippen LogP contribution in [0.5, 0.6) is 5.75 Å². The van der Waals surface area contributed by atoms with E-state index in [1.54, 1.807) is 42.5 Å². The Bertz CT molecular complexity index is 1170. The van der Waals surface area contributed by atoms with E-state index in [2.05, 4.69) is 16.5 Å². The van der Waals surface area contributed by atoms with Gasteiger partial charge in [-0.15, -0.1) is 0 Å². The molecular formula is C23H25N5O4S. The topological polar surface area (TPSA) is 119 Å². The van der Waals surface area contributed by atoms with Crippen molar-refractivity contribution in [1.29, 1.82) is 0 Å². The zero-order chi connectivity index (χ0) is 23.8. The summed E-state index contributed by atoms with van der Waals surface area (Å²) in [5, 5.41) is 0. The van der Waals surface area contributed by atoms with Crippen LogP contribution >= 0.6 is 0 Å². The molecular weight excluding hydrogens is 442 g/mol. The van der Waals surface area contributed by atoms with Crippen molar-refractivity contribution >= 4 is 21.9 Å². The van der Waals surface area contributed by atoms with E-state index in [1.807, 2.05) is 6.07 Å². The van der Waals surface area contributed by atoms with Crippen LogP contribution in [0, 0.1) is 0 Å². The highest BCUT2D eigenvalue weighted by Gasteiger charge is 2.23. The number of hydrogen-bond acceptors (Lipinski definition) is 7. The highest BCUT2D eigenvalue weighted by molar-refractivity contribution is 7.92. The molecule has 2 aromatic carbocycles.